The molecule has 0 bridgehead atoms. The highest BCUT2D eigenvalue weighted by molar-refractivity contribution is 7.26. The molecule has 0 fully saturated rings. The average molecular weight is 760 g/mol. The molecule has 12 rings (SSSR count). The fraction of sp³-hybridized carbons (Fsp3) is 0. The van der Waals surface area contributed by atoms with E-state index in [-0.39, 0.29) is 0 Å². The molecule has 12 aromatic rings. The van der Waals surface area contributed by atoms with Gasteiger partial charge in [0.05, 0.1) is 11.1 Å². The van der Waals surface area contributed by atoms with E-state index in [4.69, 9.17) is 8.83 Å². The summed E-state index contributed by atoms with van der Waals surface area (Å²) in [5.74, 6) is 0. The Morgan fingerprint density at radius 1 is 0.362 bits per heavy atom. The molecule has 0 aliphatic rings. The Hall–Kier alpha value is -7.40. The van der Waals surface area contributed by atoms with Gasteiger partial charge in [0, 0.05) is 53.3 Å². The van der Waals surface area contributed by atoms with E-state index in [0.29, 0.717) is 0 Å². The molecule has 0 saturated heterocycles. The van der Waals surface area contributed by atoms with Crippen LogP contribution in [0.15, 0.2) is 209 Å². The van der Waals surface area contributed by atoms with Crippen molar-refractivity contribution >= 4 is 92.4 Å². The van der Waals surface area contributed by atoms with Crippen molar-refractivity contribution in [3.8, 4) is 33.4 Å². The Balaban J connectivity index is 1.03. The molecular formula is C54H33NO2S. The Morgan fingerprint density at radius 3 is 1.78 bits per heavy atom. The number of rotatable bonds is 6. The summed E-state index contributed by atoms with van der Waals surface area (Å²) in [6.07, 6.45) is 0. The number of thiophene rings is 1. The van der Waals surface area contributed by atoms with Crippen molar-refractivity contribution in [1.82, 2.24) is 0 Å². The highest BCUT2D eigenvalue weighted by Crippen LogP contribution is 2.46. The van der Waals surface area contributed by atoms with Gasteiger partial charge in [-0.15, -0.1) is 11.3 Å². The lowest BCUT2D eigenvalue weighted by Crippen LogP contribution is -2.10. The van der Waals surface area contributed by atoms with Gasteiger partial charge in [-0.2, -0.15) is 0 Å². The molecule has 4 heteroatoms. The van der Waals surface area contributed by atoms with E-state index in [0.717, 1.165) is 77.6 Å². The number of benzene rings is 9. The normalized spacial score (nSPS) is 11.8. The van der Waals surface area contributed by atoms with E-state index in [9.17, 15) is 0 Å². The molecule has 0 spiro atoms. The molecule has 0 amide bonds. The van der Waals surface area contributed by atoms with Gasteiger partial charge in [-0.1, -0.05) is 140 Å². The van der Waals surface area contributed by atoms with Crippen molar-refractivity contribution in [3.05, 3.63) is 200 Å². The molecule has 0 aliphatic carbocycles. The van der Waals surface area contributed by atoms with Crippen LogP contribution in [-0.2, 0) is 0 Å². The minimum atomic E-state index is 0.851. The van der Waals surface area contributed by atoms with E-state index in [2.05, 4.69) is 193 Å². The van der Waals surface area contributed by atoms with Crippen LogP contribution >= 0.6 is 11.3 Å². The Labute approximate surface area is 338 Å². The van der Waals surface area contributed by atoms with E-state index < -0.39 is 0 Å². The zero-order chi connectivity index (χ0) is 38.2. The van der Waals surface area contributed by atoms with Gasteiger partial charge in [-0.05, 0) is 88.5 Å². The lowest BCUT2D eigenvalue weighted by molar-refractivity contribution is 0.669. The molecule has 0 saturated carbocycles. The largest absolute Gasteiger partial charge is 0.456 e. The molecule has 9 aromatic carbocycles. The van der Waals surface area contributed by atoms with Crippen molar-refractivity contribution in [1.29, 1.82) is 0 Å². The van der Waals surface area contributed by atoms with E-state index in [1.165, 1.54) is 36.9 Å². The molecule has 58 heavy (non-hydrogen) atoms. The van der Waals surface area contributed by atoms with E-state index >= 15 is 0 Å². The monoisotopic (exact) mass is 759 g/mol. The van der Waals surface area contributed by atoms with Gasteiger partial charge in [0.25, 0.3) is 0 Å². The first kappa shape index (κ1) is 32.8. The summed E-state index contributed by atoms with van der Waals surface area (Å²) in [7, 11) is 0. The predicted molar refractivity (Wildman–Crippen MR) is 245 cm³/mol. The van der Waals surface area contributed by atoms with Crippen molar-refractivity contribution < 1.29 is 8.83 Å². The molecule has 3 nitrogen and oxygen atoms in total. The quantitative estimate of drug-likeness (QED) is 0.169. The summed E-state index contributed by atoms with van der Waals surface area (Å²) >= 11 is 1.86. The Kier molecular flexibility index (Phi) is 7.40. The predicted octanol–water partition coefficient (Wildman–Crippen LogP) is 16.3. The molecule has 0 radical (unpaired) electrons. The topological polar surface area (TPSA) is 29.5 Å². The maximum Gasteiger partial charge on any atom is 0.143 e. The van der Waals surface area contributed by atoms with Gasteiger partial charge in [-0.3, -0.25) is 0 Å². The molecule has 3 heterocycles. The van der Waals surface area contributed by atoms with Crippen LogP contribution in [-0.4, -0.2) is 0 Å². The first-order chi connectivity index (χ1) is 28.7. The zero-order valence-corrected chi connectivity index (χ0v) is 32.0. The van der Waals surface area contributed by atoms with Gasteiger partial charge >= 0.3 is 0 Å². The smallest absolute Gasteiger partial charge is 0.143 e. The first-order valence-electron chi connectivity index (χ1n) is 19.6. The molecule has 272 valence electrons. The van der Waals surface area contributed by atoms with Gasteiger partial charge in [0.15, 0.2) is 0 Å². The van der Waals surface area contributed by atoms with Crippen LogP contribution in [0, 0.1) is 0 Å². The third-order valence-corrected chi connectivity index (χ3v) is 12.7. The number of furan rings is 2. The van der Waals surface area contributed by atoms with Crippen LogP contribution in [0.4, 0.5) is 17.1 Å². The molecule has 3 aromatic heterocycles. The molecule has 0 unspecified atom stereocenters. The van der Waals surface area contributed by atoms with Crippen molar-refractivity contribution in [2.24, 2.45) is 0 Å². The molecule has 0 atom stereocenters. The fourth-order valence-corrected chi connectivity index (χ4v) is 10.00. The number of para-hydroxylation sites is 2. The third-order valence-electron chi connectivity index (χ3n) is 11.5. The minimum absolute atomic E-state index is 0.851. The number of hydrogen-bond acceptors (Lipinski definition) is 4. The van der Waals surface area contributed by atoms with Crippen LogP contribution in [0.1, 0.15) is 0 Å². The van der Waals surface area contributed by atoms with Gasteiger partial charge in [-0.25, -0.2) is 0 Å². The van der Waals surface area contributed by atoms with Crippen LogP contribution in [0.25, 0.3) is 97.4 Å². The highest BCUT2D eigenvalue weighted by Gasteiger charge is 2.21. The molecular weight excluding hydrogens is 727 g/mol. The molecule has 0 aliphatic heterocycles. The maximum absolute atomic E-state index is 6.56. The van der Waals surface area contributed by atoms with Crippen LogP contribution in [0.3, 0.4) is 0 Å². The zero-order valence-electron chi connectivity index (χ0n) is 31.2. The minimum Gasteiger partial charge on any atom is -0.456 e. The summed E-state index contributed by atoms with van der Waals surface area (Å²) in [6, 6.07) is 71.4. The van der Waals surface area contributed by atoms with Crippen LogP contribution < -0.4 is 4.90 Å². The Bertz CT molecular complexity index is 3340. The summed E-state index contributed by atoms with van der Waals surface area (Å²) in [5.41, 5.74) is 13.6. The number of hydrogen-bond donors (Lipinski definition) is 0. The van der Waals surface area contributed by atoms with E-state index in [1.54, 1.807) is 0 Å². The fourth-order valence-electron chi connectivity index (χ4n) is 8.76. The van der Waals surface area contributed by atoms with E-state index in [1.807, 2.05) is 23.5 Å². The number of nitrogens with zero attached hydrogens (tertiary/aromatic N) is 1. The van der Waals surface area contributed by atoms with Crippen molar-refractivity contribution in [3.63, 3.8) is 0 Å². The lowest BCUT2D eigenvalue weighted by atomic mass is 10.00. The van der Waals surface area contributed by atoms with Crippen LogP contribution in [0.5, 0.6) is 0 Å². The second-order valence-corrected chi connectivity index (χ2v) is 15.9. The molecule has 0 N–H and O–H groups in total. The van der Waals surface area contributed by atoms with Gasteiger partial charge in [0.1, 0.15) is 22.3 Å². The van der Waals surface area contributed by atoms with Gasteiger partial charge in [0.2, 0.25) is 0 Å². The summed E-state index contributed by atoms with van der Waals surface area (Å²) in [6.45, 7) is 0. The first-order valence-corrected chi connectivity index (χ1v) is 20.4. The van der Waals surface area contributed by atoms with Gasteiger partial charge < -0.3 is 13.7 Å². The number of fused-ring (bicyclic) bond motifs is 9. The lowest BCUT2D eigenvalue weighted by Gasteiger charge is -2.26. The standard InChI is InChI=1S/C54H33NO2S/c1-2-11-34(12-3-1)37-27-32-49-46(33-37)52-47(19-10-21-50(52)56-49)55(38-28-23-35(24-29-38)40-15-8-17-44-42-13-4-6-20-48(42)57-53(40)44)39-30-25-36(26-31-39)41-16-9-18-45-43-14-5-7-22-51(43)58-54(41)45/h1-33H. The number of anilines is 3. The summed E-state index contributed by atoms with van der Waals surface area (Å²) in [4.78, 5) is 2.36. The van der Waals surface area contributed by atoms with Crippen molar-refractivity contribution in [2.75, 3.05) is 4.90 Å². The van der Waals surface area contributed by atoms with Crippen LogP contribution in [0.2, 0.25) is 0 Å². The summed E-state index contributed by atoms with van der Waals surface area (Å²) in [5, 5.41) is 7.02. The Morgan fingerprint density at radius 2 is 0.966 bits per heavy atom. The second-order valence-electron chi connectivity index (χ2n) is 14.8. The second kappa shape index (κ2) is 13.1. The average Bonchev–Trinajstić information content (AvgIpc) is 3.99. The summed E-state index contributed by atoms with van der Waals surface area (Å²) < 4.78 is 15.6. The SMILES string of the molecule is c1ccc(-c2ccc3oc4cccc(N(c5ccc(-c6cccc7c6oc6ccccc67)cc5)c5ccc(-c6cccc7c6sc6ccccc67)cc5)c4c3c2)cc1. The van der Waals surface area contributed by atoms with Crippen molar-refractivity contribution in [2.45, 2.75) is 0 Å². The third kappa shape index (κ3) is 5.19. The maximum atomic E-state index is 6.56. The highest BCUT2D eigenvalue weighted by atomic mass is 32.1.